The third-order valence-electron chi connectivity index (χ3n) is 8.29. The summed E-state index contributed by atoms with van der Waals surface area (Å²) in [5, 5.41) is 71.2. The Morgan fingerprint density at radius 1 is 0.623 bits per heavy atom. The minimum Gasteiger partial charge on any atom is -0.462 e. The molecule has 0 spiro atoms. The van der Waals surface area contributed by atoms with Crippen molar-refractivity contribution in [2.75, 3.05) is 26.4 Å². The van der Waals surface area contributed by atoms with Crippen LogP contribution in [-0.4, -0.2) is 142 Å². The maximum Gasteiger partial charge on any atom is 0.310 e. The lowest BCUT2D eigenvalue weighted by Crippen LogP contribution is -2.61. The zero-order valence-electron chi connectivity index (χ0n) is 30.7. The van der Waals surface area contributed by atoms with Crippen molar-refractivity contribution in [1.82, 2.24) is 0 Å². The predicted octanol–water partition coefficient (Wildman–Crippen LogP) is 1.41. The van der Waals surface area contributed by atoms with Gasteiger partial charge in [0, 0.05) is 6.42 Å². The molecule has 15 nitrogen and oxygen atoms in total. The van der Waals surface area contributed by atoms with E-state index in [0.29, 0.717) is 12.8 Å². The van der Waals surface area contributed by atoms with Crippen molar-refractivity contribution >= 4 is 11.9 Å². The van der Waals surface area contributed by atoms with Crippen molar-refractivity contribution in [3.05, 3.63) is 60.8 Å². The topological polar surface area (TPSA) is 231 Å². The van der Waals surface area contributed by atoms with Crippen molar-refractivity contribution < 1.29 is 73.8 Å². The fraction of sp³-hybridized carbons (Fsp3) is 0.684. The molecule has 0 bridgehead atoms. The fourth-order valence-corrected chi connectivity index (χ4v) is 5.15. The van der Waals surface area contributed by atoms with Gasteiger partial charge >= 0.3 is 11.9 Å². The van der Waals surface area contributed by atoms with Gasteiger partial charge < -0.3 is 64.2 Å². The van der Waals surface area contributed by atoms with Crippen LogP contribution < -0.4 is 0 Å². The minimum atomic E-state index is -1.78. The third-order valence-corrected chi connectivity index (χ3v) is 8.29. The van der Waals surface area contributed by atoms with Crippen LogP contribution in [0.3, 0.4) is 0 Å². The van der Waals surface area contributed by atoms with E-state index in [-0.39, 0.29) is 19.4 Å². The molecule has 2 rings (SSSR count). The molecule has 15 heteroatoms. The number of carbonyl (C=O) groups is 2. The molecule has 0 aromatic carbocycles. The van der Waals surface area contributed by atoms with Gasteiger partial charge in [0.2, 0.25) is 0 Å². The molecule has 0 aliphatic carbocycles. The van der Waals surface area contributed by atoms with E-state index in [1.54, 1.807) is 6.08 Å². The number of carbonyl (C=O) groups excluding carboxylic acids is 2. The molecule has 0 saturated carbocycles. The molecule has 2 aliphatic heterocycles. The van der Waals surface area contributed by atoms with E-state index in [1.165, 1.54) is 0 Å². The molecule has 2 fully saturated rings. The van der Waals surface area contributed by atoms with Crippen molar-refractivity contribution in [3.63, 3.8) is 0 Å². The van der Waals surface area contributed by atoms with Gasteiger partial charge in [-0.15, -0.1) is 0 Å². The quantitative estimate of drug-likeness (QED) is 0.0546. The molecule has 7 N–H and O–H groups in total. The minimum absolute atomic E-state index is 0.0708. The smallest absolute Gasteiger partial charge is 0.310 e. The number of rotatable bonds is 24. The molecule has 2 aliphatic rings. The lowest BCUT2D eigenvalue weighted by Gasteiger charge is -2.42. The Balaban J connectivity index is 1.89. The lowest BCUT2D eigenvalue weighted by molar-refractivity contribution is -0.332. The highest BCUT2D eigenvalue weighted by Crippen LogP contribution is 2.26. The molecule has 0 aromatic heterocycles. The van der Waals surface area contributed by atoms with Gasteiger partial charge in [0.15, 0.2) is 18.7 Å². The van der Waals surface area contributed by atoms with Crippen LogP contribution in [0.15, 0.2) is 60.8 Å². The van der Waals surface area contributed by atoms with Gasteiger partial charge in [-0.1, -0.05) is 81.0 Å². The van der Waals surface area contributed by atoms with E-state index in [9.17, 15) is 45.3 Å². The Bertz CT molecular complexity index is 1170. The second kappa shape index (κ2) is 26.9. The maximum atomic E-state index is 12.7. The molecule has 0 amide bonds. The van der Waals surface area contributed by atoms with Crippen LogP contribution in [0.25, 0.3) is 0 Å². The van der Waals surface area contributed by atoms with E-state index in [0.717, 1.165) is 32.1 Å². The summed E-state index contributed by atoms with van der Waals surface area (Å²) in [6.45, 7) is 2.02. The number of aliphatic hydroxyl groups excluding tert-OH is 7. The number of unbranched alkanes of at least 4 members (excludes halogenated alkanes) is 1. The Morgan fingerprint density at radius 2 is 1.13 bits per heavy atom. The van der Waals surface area contributed by atoms with Gasteiger partial charge in [-0.05, 0) is 38.5 Å². The number of esters is 2. The Morgan fingerprint density at radius 3 is 1.68 bits per heavy atom. The number of hydrogen-bond donors (Lipinski definition) is 7. The monoisotopic (exact) mass is 756 g/mol. The Labute approximate surface area is 311 Å². The van der Waals surface area contributed by atoms with Gasteiger partial charge in [-0.2, -0.15) is 0 Å². The number of aliphatic hydroxyl groups is 7. The molecule has 0 aromatic rings. The van der Waals surface area contributed by atoms with Crippen molar-refractivity contribution in [1.29, 1.82) is 0 Å². The Hall–Kier alpha value is -2.80. The Kier molecular flexibility index (Phi) is 23.5. The van der Waals surface area contributed by atoms with E-state index >= 15 is 0 Å². The van der Waals surface area contributed by atoms with Crippen LogP contribution in [-0.2, 0) is 38.0 Å². The van der Waals surface area contributed by atoms with Gasteiger partial charge in [-0.25, -0.2) is 0 Å². The molecule has 11 unspecified atom stereocenters. The van der Waals surface area contributed by atoms with E-state index in [2.05, 4.69) is 43.4 Å². The lowest BCUT2D eigenvalue weighted by atomic mass is 9.98. The van der Waals surface area contributed by atoms with Crippen LogP contribution in [0.1, 0.15) is 71.6 Å². The molecular weight excluding hydrogens is 696 g/mol. The van der Waals surface area contributed by atoms with Crippen molar-refractivity contribution in [2.45, 2.75) is 139 Å². The second-order valence-corrected chi connectivity index (χ2v) is 12.7. The summed E-state index contributed by atoms with van der Waals surface area (Å²) in [6.07, 6.45) is 8.88. The van der Waals surface area contributed by atoms with Crippen molar-refractivity contribution in [3.8, 4) is 0 Å². The highest BCUT2D eigenvalue weighted by atomic mass is 16.7. The van der Waals surface area contributed by atoms with Crippen molar-refractivity contribution in [2.24, 2.45) is 0 Å². The number of hydrogen-bond acceptors (Lipinski definition) is 15. The molecule has 11 atom stereocenters. The zero-order chi connectivity index (χ0) is 39.0. The van der Waals surface area contributed by atoms with E-state index in [1.807, 2.05) is 25.2 Å². The van der Waals surface area contributed by atoms with Crippen LogP contribution in [0.2, 0.25) is 0 Å². The van der Waals surface area contributed by atoms with Crippen LogP contribution >= 0.6 is 0 Å². The fourth-order valence-electron chi connectivity index (χ4n) is 5.15. The first-order chi connectivity index (χ1) is 25.5. The van der Waals surface area contributed by atoms with Crippen LogP contribution in [0, 0.1) is 0 Å². The summed E-state index contributed by atoms with van der Waals surface area (Å²) in [4.78, 5) is 24.8. The molecule has 302 valence electrons. The summed E-state index contributed by atoms with van der Waals surface area (Å²) in [6, 6.07) is 0. The average Bonchev–Trinajstić information content (AvgIpc) is 3.15. The highest BCUT2D eigenvalue weighted by molar-refractivity contribution is 5.71. The first-order valence-corrected chi connectivity index (χ1v) is 18.4. The van der Waals surface area contributed by atoms with Gasteiger partial charge in [-0.3, -0.25) is 9.59 Å². The summed E-state index contributed by atoms with van der Waals surface area (Å²) < 4.78 is 32.7. The van der Waals surface area contributed by atoms with Crippen LogP contribution in [0.4, 0.5) is 0 Å². The molecule has 2 saturated heterocycles. The average molecular weight is 757 g/mol. The highest BCUT2D eigenvalue weighted by Gasteiger charge is 2.47. The number of allylic oxidation sites excluding steroid dienone is 9. The summed E-state index contributed by atoms with van der Waals surface area (Å²) in [5.74, 6) is -1.13. The van der Waals surface area contributed by atoms with Gasteiger partial charge in [0.1, 0.15) is 55.4 Å². The van der Waals surface area contributed by atoms with E-state index < -0.39 is 99.3 Å². The van der Waals surface area contributed by atoms with Gasteiger partial charge in [0.05, 0.1) is 26.2 Å². The summed E-state index contributed by atoms with van der Waals surface area (Å²) >= 11 is 0. The first-order valence-electron chi connectivity index (χ1n) is 18.4. The first kappa shape index (κ1) is 46.4. The SMILES string of the molecule is CC/C=C\C/C=C\C/C=C\C/C=C\C/C=C\CC(=O)OC(COC(=O)CCCC)COC1OC(COC2OC(CO)C(O)C(O)C2O)C(O)C(O)C1O. The molecule has 0 radical (unpaired) electrons. The molecular formula is C38H60O15. The van der Waals surface area contributed by atoms with E-state index in [4.69, 9.17) is 28.4 Å². The summed E-state index contributed by atoms with van der Waals surface area (Å²) in [5.41, 5.74) is 0. The second-order valence-electron chi connectivity index (χ2n) is 12.7. The third kappa shape index (κ3) is 17.5. The number of ether oxygens (including phenoxy) is 6. The molecule has 53 heavy (non-hydrogen) atoms. The maximum absolute atomic E-state index is 12.7. The zero-order valence-corrected chi connectivity index (χ0v) is 30.7. The predicted molar refractivity (Wildman–Crippen MR) is 192 cm³/mol. The molecule has 2 heterocycles. The van der Waals surface area contributed by atoms with Gasteiger partial charge in [0.25, 0.3) is 0 Å². The summed E-state index contributed by atoms with van der Waals surface area (Å²) in [7, 11) is 0. The normalized spacial score (nSPS) is 30.3. The standard InChI is InChI=1S/C38H60O15/c1-3-5-7-8-9-10-11-12-13-14-15-16-17-18-19-21-30(41)51-26(23-48-29(40)20-6-4-2)24-49-37-36(47)34(45)32(43)28(53-37)25-50-38-35(46)33(44)31(42)27(22-39)52-38/h5,7,9-10,12-13,15-16,18-19,26-28,31-39,42-47H,3-4,6,8,11,14,17,20-25H2,1-2H3/b7-5-,10-9-,13-12-,16-15-,19-18-. The largest absolute Gasteiger partial charge is 0.462 e. The van der Waals surface area contributed by atoms with Crippen LogP contribution in [0.5, 0.6) is 0 Å².